The Kier molecular flexibility index (Phi) is 3.95. The van der Waals surface area contributed by atoms with Gasteiger partial charge in [-0.25, -0.2) is 8.42 Å². The van der Waals surface area contributed by atoms with Gasteiger partial charge in [0.2, 0.25) is 15.2 Å². The highest BCUT2D eigenvalue weighted by Crippen LogP contribution is 2.16. The van der Waals surface area contributed by atoms with Crippen LogP contribution in [0.4, 0.5) is 5.13 Å². The molecule has 1 aliphatic heterocycles. The maximum atomic E-state index is 11.9. The third kappa shape index (κ3) is 3.90. The maximum Gasteiger partial charge on any atom is 0.236 e. The molecule has 0 radical (unpaired) electrons. The molecule has 2 N–H and O–H groups in total. The first-order valence-corrected chi connectivity index (χ1v) is 8.06. The first kappa shape index (κ1) is 12.7. The predicted molar refractivity (Wildman–Crippen MR) is 67.7 cm³/mol. The van der Waals surface area contributed by atoms with Gasteiger partial charge in [0, 0.05) is 6.04 Å². The van der Waals surface area contributed by atoms with Crippen LogP contribution in [0.3, 0.4) is 0 Å². The average molecular weight is 276 g/mol. The standard InChI is InChI=1S/C9H16N4O2S2/c1-7-11-12-9(16-7)13-17(14,15)6-8-4-2-3-5-10-8/h8,10H,2-6H2,1H3,(H,12,13). The Balaban J connectivity index is 1.94. The van der Waals surface area contributed by atoms with E-state index in [1.165, 1.54) is 11.3 Å². The van der Waals surface area contributed by atoms with E-state index in [-0.39, 0.29) is 11.8 Å². The molecule has 0 spiro atoms. The van der Waals surface area contributed by atoms with Crippen molar-refractivity contribution < 1.29 is 8.42 Å². The summed E-state index contributed by atoms with van der Waals surface area (Å²) < 4.78 is 26.2. The second-order valence-corrected chi connectivity index (χ2v) is 7.11. The van der Waals surface area contributed by atoms with E-state index in [1.54, 1.807) is 6.92 Å². The van der Waals surface area contributed by atoms with Crippen molar-refractivity contribution in [3.63, 3.8) is 0 Å². The monoisotopic (exact) mass is 276 g/mol. The van der Waals surface area contributed by atoms with Crippen LogP contribution in [0.15, 0.2) is 0 Å². The van der Waals surface area contributed by atoms with Gasteiger partial charge in [0.15, 0.2) is 0 Å². The van der Waals surface area contributed by atoms with E-state index in [0.717, 1.165) is 30.8 Å². The van der Waals surface area contributed by atoms with E-state index in [2.05, 4.69) is 20.2 Å². The zero-order valence-corrected chi connectivity index (χ0v) is 11.3. The summed E-state index contributed by atoms with van der Waals surface area (Å²) in [6.07, 6.45) is 3.13. The first-order valence-electron chi connectivity index (χ1n) is 5.59. The summed E-state index contributed by atoms with van der Waals surface area (Å²) in [4.78, 5) is 0. The molecule has 1 atom stereocenters. The fraction of sp³-hybridized carbons (Fsp3) is 0.778. The fourth-order valence-electron chi connectivity index (χ4n) is 1.84. The van der Waals surface area contributed by atoms with Gasteiger partial charge >= 0.3 is 0 Å². The van der Waals surface area contributed by atoms with Gasteiger partial charge in [0.05, 0.1) is 5.75 Å². The van der Waals surface area contributed by atoms with Crippen molar-refractivity contribution in [3.05, 3.63) is 5.01 Å². The minimum atomic E-state index is -3.33. The van der Waals surface area contributed by atoms with Crippen LogP contribution in [0.5, 0.6) is 0 Å². The Morgan fingerprint density at radius 2 is 2.29 bits per heavy atom. The van der Waals surface area contributed by atoms with Crippen LogP contribution < -0.4 is 10.0 Å². The lowest BCUT2D eigenvalue weighted by Gasteiger charge is -2.22. The fourth-order valence-corrected chi connectivity index (χ4v) is 4.04. The SMILES string of the molecule is Cc1nnc(NS(=O)(=O)CC2CCCCN2)s1. The molecular weight excluding hydrogens is 260 g/mol. The Morgan fingerprint density at radius 1 is 1.47 bits per heavy atom. The summed E-state index contributed by atoms with van der Waals surface area (Å²) in [5, 5.41) is 11.8. The predicted octanol–water partition coefficient (Wildman–Crippen LogP) is 0.730. The van der Waals surface area contributed by atoms with Crippen LogP contribution in [0.1, 0.15) is 24.3 Å². The van der Waals surface area contributed by atoms with Gasteiger partial charge in [-0.1, -0.05) is 17.8 Å². The Morgan fingerprint density at radius 3 is 2.88 bits per heavy atom. The highest BCUT2D eigenvalue weighted by atomic mass is 32.2. The maximum absolute atomic E-state index is 11.9. The summed E-state index contributed by atoms with van der Waals surface area (Å²) in [7, 11) is -3.33. The summed E-state index contributed by atoms with van der Waals surface area (Å²) in [6, 6.07) is 0.0512. The third-order valence-corrected chi connectivity index (χ3v) is 4.83. The molecule has 0 aliphatic carbocycles. The second kappa shape index (κ2) is 5.28. The first-order chi connectivity index (χ1) is 8.05. The van der Waals surface area contributed by atoms with Crippen LogP contribution in [0.25, 0.3) is 0 Å². The lowest BCUT2D eigenvalue weighted by molar-refractivity contribution is 0.424. The lowest BCUT2D eigenvalue weighted by atomic mass is 10.1. The molecule has 1 aromatic rings. The van der Waals surface area contributed by atoms with E-state index in [1.807, 2.05) is 0 Å². The van der Waals surface area contributed by atoms with Gasteiger partial charge < -0.3 is 5.32 Å². The molecule has 2 heterocycles. The van der Waals surface area contributed by atoms with E-state index >= 15 is 0 Å². The van der Waals surface area contributed by atoms with Gasteiger partial charge in [-0.3, -0.25) is 4.72 Å². The van der Waals surface area contributed by atoms with Gasteiger partial charge in [0.1, 0.15) is 5.01 Å². The highest BCUT2D eigenvalue weighted by Gasteiger charge is 2.21. The number of nitrogens with zero attached hydrogens (tertiary/aromatic N) is 2. The van der Waals surface area contributed by atoms with Crippen molar-refractivity contribution in [2.75, 3.05) is 17.0 Å². The number of anilines is 1. The summed E-state index contributed by atoms with van der Waals surface area (Å²) >= 11 is 1.24. The van der Waals surface area contributed by atoms with Crippen LogP contribution in [-0.4, -0.2) is 37.0 Å². The minimum absolute atomic E-state index is 0.0512. The van der Waals surface area contributed by atoms with Crippen LogP contribution in [0, 0.1) is 6.92 Å². The van der Waals surface area contributed by atoms with Crippen molar-refractivity contribution in [3.8, 4) is 0 Å². The summed E-state index contributed by atoms with van der Waals surface area (Å²) in [5.41, 5.74) is 0. The number of nitrogens with one attached hydrogen (secondary N) is 2. The topological polar surface area (TPSA) is 84.0 Å². The molecule has 0 saturated carbocycles. The average Bonchev–Trinajstić information content (AvgIpc) is 2.63. The van der Waals surface area contributed by atoms with Crippen LogP contribution in [0.2, 0.25) is 0 Å². The smallest absolute Gasteiger partial charge is 0.236 e. The molecule has 1 saturated heterocycles. The summed E-state index contributed by atoms with van der Waals surface area (Å²) in [6.45, 7) is 2.69. The normalized spacial score (nSPS) is 21.4. The highest BCUT2D eigenvalue weighted by molar-refractivity contribution is 7.92. The van der Waals surface area contributed by atoms with Crippen molar-refractivity contribution in [1.82, 2.24) is 15.5 Å². The molecule has 96 valence electrons. The zero-order chi connectivity index (χ0) is 12.3. The number of rotatable bonds is 4. The molecule has 1 unspecified atom stereocenters. The van der Waals surface area contributed by atoms with E-state index in [0.29, 0.717) is 5.13 Å². The molecule has 0 amide bonds. The molecule has 1 aromatic heterocycles. The number of hydrogen-bond donors (Lipinski definition) is 2. The van der Waals surface area contributed by atoms with E-state index < -0.39 is 10.0 Å². The van der Waals surface area contributed by atoms with E-state index in [4.69, 9.17) is 0 Å². The molecule has 0 aromatic carbocycles. The largest absolute Gasteiger partial charge is 0.313 e. The molecule has 1 aliphatic rings. The molecule has 6 nitrogen and oxygen atoms in total. The number of piperidine rings is 1. The number of sulfonamides is 1. The molecular formula is C9H16N4O2S2. The van der Waals surface area contributed by atoms with Gasteiger partial charge in [-0.15, -0.1) is 10.2 Å². The Hall–Kier alpha value is -0.730. The zero-order valence-electron chi connectivity index (χ0n) is 9.64. The molecule has 17 heavy (non-hydrogen) atoms. The molecule has 0 bridgehead atoms. The van der Waals surface area contributed by atoms with Crippen LogP contribution >= 0.6 is 11.3 Å². The molecule has 1 fully saturated rings. The van der Waals surface area contributed by atoms with Gasteiger partial charge in [0.25, 0.3) is 0 Å². The molecule has 8 heteroatoms. The van der Waals surface area contributed by atoms with Crippen molar-refractivity contribution in [1.29, 1.82) is 0 Å². The number of hydrogen-bond acceptors (Lipinski definition) is 6. The lowest BCUT2D eigenvalue weighted by Crippen LogP contribution is -2.40. The van der Waals surface area contributed by atoms with Gasteiger partial charge in [-0.05, 0) is 26.3 Å². The second-order valence-electron chi connectivity index (χ2n) is 4.16. The third-order valence-electron chi connectivity index (χ3n) is 2.60. The van der Waals surface area contributed by atoms with Crippen molar-refractivity contribution in [2.24, 2.45) is 0 Å². The van der Waals surface area contributed by atoms with Crippen molar-refractivity contribution in [2.45, 2.75) is 32.2 Å². The van der Waals surface area contributed by atoms with E-state index in [9.17, 15) is 8.42 Å². The minimum Gasteiger partial charge on any atom is -0.313 e. The van der Waals surface area contributed by atoms with Crippen LogP contribution in [-0.2, 0) is 10.0 Å². The quantitative estimate of drug-likeness (QED) is 0.847. The number of aromatic nitrogens is 2. The Labute approximate surface area is 105 Å². The Bertz CT molecular complexity index is 465. The molecule has 2 rings (SSSR count). The summed E-state index contributed by atoms with van der Waals surface area (Å²) in [5.74, 6) is 0.103. The van der Waals surface area contributed by atoms with Gasteiger partial charge in [-0.2, -0.15) is 0 Å². The van der Waals surface area contributed by atoms with Crippen molar-refractivity contribution >= 4 is 26.5 Å². The number of aryl methyl sites for hydroxylation is 1.